The van der Waals surface area contributed by atoms with Gasteiger partial charge in [-0.15, -0.1) is 0 Å². The van der Waals surface area contributed by atoms with Crippen LogP contribution in [0.15, 0.2) is 78.9 Å². The Morgan fingerprint density at radius 2 is 1.56 bits per heavy atom. The second-order valence-corrected chi connectivity index (χ2v) is 11.2. The summed E-state index contributed by atoms with van der Waals surface area (Å²) in [5.41, 5.74) is -0.0201. The third kappa shape index (κ3) is 5.16. The van der Waals surface area contributed by atoms with Crippen molar-refractivity contribution in [3.63, 3.8) is 0 Å². The molecule has 1 N–H and O–H groups in total. The van der Waals surface area contributed by atoms with Gasteiger partial charge in [0.05, 0.1) is 5.41 Å². The first-order valence-electron chi connectivity index (χ1n) is 12.8. The molecule has 190 valence electrons. The van der Waals surface area contributed by atoms with Gasteiger partial charge in [0, 0.05) is 25.6 Å². The van der Waals surface area contributed by atoms with Gasteiger partial charge >= 0.3 is 0 Å². The average Bonchev–Trinajstić information content (AvgIpc) is 2.89. The van der Waals surface area contributed by atoms with Crippen molar-refractivity contribution in [2.24, 2.45) is 5.41 Å². The highest BCUT2D eigenvalue weighted by Crippen LogP contribution is 2.39. The molecule has 2 aliphatic rings. The lowest BCUT2D eigenvalue weighted by Crippen LogP contribution is -2.57. The fourth-order valence-electron chi connectivity index (χ4n) is 4.93. The van der Waals surface area contributed by atoms with Crippen LogP contribution in [-0.4, -0.2) is 41.5 Å². The summed E-state index contributed by atoms with van der Waals surface area (Å²) in [6.45, 7) is 8.99. The number of nitrogens with one attached hydrogen (secondary N) is 1. The van der Waals surface area contributed by atoms with Crippen molar-refractivity contribution in [1.82, 2.24) is 10.2 Å². The molecular weight excluding hydrogens is 451 g/mol. The van der Waals surface area contributed by atoms with E-state index in [4.69, 9.17) is 0 Å². The zero-order valence-corrected chi connectivity index (χ0v) is 21.8. The lowest BCUT2D eigenvalue weighted by Gasteiger charge is -2.43. The Kier molecular flexibility index (Phi) is 7.21. The van der Waals surface area contributed by atoms with Gasteiger partial charge in [-0.05, 0) is 48.0 Å². The Bertz CT molecular complexity index is 1140. The molecule has 2 aromatic carbocycles. The quantitative estimate of drug-likeness (QED) is 0.574. The average molecular weight is 489 g/mol. The summed E-state index contributed by atoms with van der Waals surface area (Å²) < 4.78 is 15.8. The maximum atomic E-state index is 15.8. The van der Waals surface area contributed by atoms with Crippen LogP contribution in [0.25, 0.3) is 5.57 Å². The maximum absolute atomic E-state index is 15.8. The molecule has 4 rings (SSSR count). The molecule has 1 unspecified atom stereocenters. The molecule has 36 heavy (non-hydrogen) atoms. The van der Waals surface area contributed by atoms with Gasteiger partial charge in [-0.2, -0.15) is 0 Å². The first-order valence-corrected chi connectivity index (χ1v) is 12.8. The molecule has 0 saturated carbocycles. The number of hydrogen-bond donors (Lipinski definition) is 1. The lowest BCUT2D eigenvalue weighted by molar-refractivity contribution is -0.144. The predicted octanol–water partition coefficient (Wildman–Crippen LogP) is 5.85. The van der Waals surface area contributed by atoms with Crippen LogP contribution in [0.5, 0.6) is 0 Å². The Hall–Kier alpha value is -3.21. The number of benzene rings is 2. The first kappa shape index (κ1) is 25.9. The molecule has 1 heterocycles. The van der Waals surface area contributed by atoms with Crippen molar-refractivity contribution < 1.29 is 14.0 Å². The third-order valence-corrected chi connectivity index (χ3v) is 7.92. The van der Waals surface area contributed by atoms with Crippen molar-refractivity contribution in [2.45, 2.75) is 64.1 Å². The smallest absolute Gasteiger partial charge is 0.264 e. The number of carbonyl (C=O) groups excluding carboxylic acids is 2. The second kappa shape index (κ2) is 10.0. The number of piperidine rings is 1. The minimum atomic E-state index is -2.06. The summed E-state index contributed by atoms with van der Waals surface area (Å²) in [6, 6.07) is 19.5. The molecule has 2 atom stereocenters. The van der Waals surface area contributed by atoms with E-state index in [2.05, 4.69) is 26.1 Å². The molecule has 2 amide bonds. The summed E-state index contributed by atoms with van der Waals surface area (Å²) in [5, 5.41) is 3.23. The highest BCUT2D eigenvalue weighted by atomic mass is 19.1. The normalized spacial score (nSPS) is 22.5. The van der Waals surface area contributed by atoms with E-state index >= 15 is 4.39 Å². The fourth-order valence-corrected chi connectivity index (χ4v) is 4.93. The summed E-state index contributed by atoms with van der Waals surface area (Å²) in [5.74, 6) is -0.543. The van der Waals surface area contributed by atoms with Gasteiger partial charge in [0.2, 0.25) is 11.6 Å². The van der Waals surface area contributed by atoms with Gasteiger partial charge in [0.25, 0.3) is 5.91 Å². The largest absolute Gasteiger partial charge is 0.352 e. The van der Waals surface area contributed by atoms with Crippen LogP contribution < -0.4 is 5.32 Å². The Labute approximate surface area is 214 Å². The minimum Gasteiger partial charge on any atom is -0.352 e. The van der Waals surface area contributed by atoms with Gasteiger partial charge in [-0.3, -0.25) is 9.59 Å². The van der Waals surface area contributed by atoms with Crippen LogP contribution >= 0.6 is 0 Å². The highest BCUT2D eigenvalue weighted by molar-refractivity contribution is 5.92. The standard InChI is InChI=1S/C31H37FN2O2/c1-23(29(2,3)4)33-27(35)30(26-13-9-6-10-14-26)19-21-34(22-20-30)28(36)31(32)17-15-25(16-18-31)24-11-7-5-8-12-24/h5-17,23H,18-22H2,1-4H3,(H,33,35)/t23-,31?/m0/s1. The summed E-state index contributed by atoms with van der Waals surface area (Å²) in [6.07, 6.45) is 5.82. The lowest BCUT2D eigenvalue weighted by atomic mass is 9.71. The van der Waals surface area contributed by atoms with Crippen LogP contribution in [0.3, 0.4) is 0 Å². The zero-order chi connectivity index (χ0) is 26.0. The number of rotatable bonds is 5. The van der Waals surface area contributed by atoms with E-state index in [1.54, 1.807) is 17.1 Å². The number of halogens is 1. The molecule has 2 aromatic rings. The van der Waals surface area contributed by atoms with E-state index in [1.165, 1.54) is 6.08 Å². The molecule has 5 heteroatoms. The van der Waals surface area contributed by atoms with Gasteiger partial charge in [0.15, 0.2) is 0 Å². The highest BCUT2D eigenvalue weighted by Gasteiger charge is 2.47. The Balaban J connectivity index is 1.49. The number of alkyl halides is 1. The van der Waals surface area contributed by atoms with Crippen molar-refractivity contribution in [3.8, 4) is 0 Å². The topological polar surface area (TPSA) is 49.4 Å². The number of nitrogens with zero attached hydrogens (tertiary/aromatic N) is 1. The van der Waals surface area contributed by atoms with Gasteiger partial charge in [0.1, 0.15) is 0 Å². The van der Waals surface area contributed by atoms with Gasteiger partial charge in [-0.25, -0.2) is 4.39 Å². The molecule has 0 spiro atoms. The van der Waals surface area contributed by atoms with Crippen LogP contribution in [0.4, 0.5) is 4.39 Å². The number of allylic oxidation sites excluding steroid dienone is 3. The first-order chi connectivity index (χ1) is 17.1. The van der Waals surface area contributed by atoms with E-state index in [0.29, 0.717) is 25.9 Å². The van der Waals surface area contributed by atoms with Gasteiger partial charge < -0.3 is 10.2 Å². The van der Waals surface area contributed by atoms with Crippen LogP contribution in [0.2, 0.25) is 0 Å². The van der Waals surface area contributed by atoms with Crippen molar-refractivity contribution in [1.29, 1.82) is 0 Å². The second-order valence-electron chi connectivity index (χ2n) is 11.2. The molecule has 0 radical (unpaired) electrons. The van der Waals surface area contributed by atoms with E-state index in [-0.39, 0.29) is 23.8 Å². The molecule has 0 bridgehead atoms. The van der Waals surface area contributed by atoms with E-state index < -0.39 is 17.0 Å². The SMILES string of the molecule is C[C@H](NC(=O)C1(c2ccccc2)CCN(C(=O)C2(F)C=CC(c3ccccc3)=CC2)CC1)C(C)(C)C. The molecule has 1 aliphatic heterocycles. The molecule has 0 aromatic heterocycles. The Morgan fingerprint density at radius 1 is 0.972 bits per heavy atom. The fraction of sp³-hybridized carbons (Fsp3) is 0.419. The summed E-state index contributed by atoms with van der Waals surface area (Å²) in [4.78, 5) is 28.6. The number of hydrogen-bond acceptors (Lipinski definition) is 2. The van der Waals surface area contributed by atoms with Crippen LogP contribution in [-0.2, 0) is 15.0 Å². The van der Waals surface area contributed by atoms with Crippen molar-refractivity contribution >= 4 is 17.4 Å². The minimum absolute atomic E-state index is 0.0104. The van der Waals surface area contributed by atoms with Crippen molar-refractivity contribution in [2.75, 3.05) is 13.1 Å². The van der Waals surface area contributed by atoms with Crippen molar-refractivity contribution in [3.05, 3.63) is 90.0 Å². The zero-order valence-electron chi connectivity index (χ0n) is 21.8. The van der Waals surface area contributed by atoms with Gasteiger partial charge in [-0.1, -0.05) is 93.6 Å². The number of amides is 2. The molecule has 1 aliphatic carbocycles. The summed E-state index contributed by atoms with van der Waals surface area (Å²) >= 11 is 0. The van der Waals surface area contributed by atoms with Crippen LogP contribution in [0.1, 0.15) is 58.1 Å². The predicted molar refractivity (Wildman–Crippen MR) is 143 cm³/mol. The molecular formula is C31H37FN2O2. The Morgan fingerprint density at radius 3 is 2.08 bits per heavy atom. The van der Waals surface area contributed by atoms with Crippen LogP contribution in [0, 0.1) is 5.41 Å². The third-order valence-electron chi connectivity index (χ3n) is 7.92. The molecule has 4 nitrogen and oxygen atoms in total. The van der Waals surface area contributed by atoms with E-state index in [9.17, 15) is 9.59 Å². The summed E-state index contributed by atoms with van der Waals surface area (Å²) in [7, 11) is 0. The number of carbonyl (C=O) groups is 2. The maximum Gasteiger partial charge on any atom is 0.264 e. The van der Waals surface area contributed by atoms with E-state index in [0.717, 1.165) is 16.7 Å². The van der Waals surface area contributed by atoms with E-state index in [1.807, 2.05) is 67.6 Å². The monoisotopic (exact) mass is 488 g/mol. The molecule has 1 fully saturated rings. The molecule has 1 saturated heterocycles. The number of likely N-dealkylation sites (tertiary alicyclic amines) is 1.